The summed E-state index contributed by atoms with van der Waals surface area (Å²) in [6, 6.07) is 0. The average molecular weight is 192 g/mol. The SMILES string of the molecule is CC(=O)N(C)CC1=CCC=CC(C)=N1. The Morgan fingerprint density at radius 2 is 2.36 bits per heavy atom. The number of likely N-dealkylation sites (N-methyl/N-ethyl adjacent to an activating group) is 1. The van der Waals surface area contributed by atoms with E-state index in [1.807, 2.05) is 19.1 Å². The third-order valence-corrected chi connectivity index (χ3v) is 2.11. The Hall–Kier alpha value is -1.38. The number of allylic oxidation sites excluding steroid dienone is 3. The Kier molecular flexibility index (Phi) is 3.63. The summed E-state index contributed by atoms with van der Waals surface area (Å²) in [7, 11) is 1.78. The Morgan fingerprint density at radius 1 is 1.64 bits per heavy atom. The van der Waals surface area contributed by atoms with Gasteiger partial charge in [0.25, 0.3) is 0 Å². The number of carbonyl (C=O) groups is 1. The number of rotatable bonds is 2. The standard InChI is InChI=1S/C11H16N2O/c1-9-6-4-5-7-11(12-9)8-13(3)10(2)14/h4,6-7H,5,8H2,1-3H3. The van der Waals surface area contributed by atoms with Gasteiger partial charge in [-0.3, -0.25) is 9.79 Å². The second kappa shape index (κ2) is 4.74. The molecule has 1 rings (SSSR count). The number of carbonyl (C=O) groups excluding carboxylic acids is 1. The average Bonchev–Trinajstić information content (AvgIpc) is 2.29. The first-order chi connectivity index (χ1) is 6.59. The van der Waals surface area contributed by atoms with Crippen LogP contribution in [-0.4, -0.2) is 30.1 Å². The summed E-state index contributed by atoms with van der Waals surface area (Å²) in [4.78, 5) is 17.1. The van der Waals surface area contributed by atoms with Crippen molar-refractivity contribution in [3.63, 3.8) is 0 Å². The molecule has 1 heterocycles. The van der Waals surface area contributed by atoms with E-state index in [1.54, 1.807) is 18.9 Å². The zero-order valence-electron chi connectivity index (χ0n) is 8.95. The van der Waals surface area contributed by atoms with Crippen molar-refractivity contribution in [2.45, 2.75) is 20.3 Å². The highest BCUT2D eigenvalue weighted by atomic mass is 16.2. The second-order valence-electron chi connectivity index (χ2n) is 3.46. The number of nitrogens with zero attached hydrogens (tertiary/aromatic N) is 2. The van der Waals surface area contributed by atoms with E-state index in [1.165, 1.54) is 0 Å². The number of hydrogen-bond acceptors (Lipinski definition) is 2. The third-order valence-electron chi connectivity index (χ3n) is 2.11. The molecule has 14 heavy (non-hydrogen) atoms. The molecule has 1 amide bonds. The highest BCUT2D eigenvalue weighted by molar-refractivity contribution is 5.93. The minimum absolute atomic E-state index is 0.0657. The van der Waals surface area contributed by atoms with Crippen molar-refractivity contribution in [2.24, 2.45) is 4.99 Å². The molecule has 3 nitrogen and oxygen atoms in total. The number of hydrogen-bond donors (Lipinski definition) is 0. The molecule has 0 N–H and O–H groups in total. The van der Waals surface area contributed by atoms with E-state index in [9.17, 15) is 4.79 Å². The molecule has 0 bridgehead atoms. The molecule has 3 heteroatoms. The molecule has 0 atom stereocenters. The summed E-state index contributed by atoms with van der Waals surface area (Å²) in [6.45, 7) is 4.11. The van der Waals surface area contributed by atoms with Gasteiger partial charge in [0.1, 0.15) is 0 Å². The molecular formula is C11H16N2O. The fourth-order valence-electron chi connectivity index (χ4n) is 1.21. The smallest absolute Gasteiger partial charge is 0.219 e. The first-order valence-electron chi connectivity index (χ1n) is 4.72. The van der Waals surface area contributed by atoms with Gasteiger partial charge in [-0.25, -0.2) is 0 Å². The molecule has 0 unspecified atom stereocenters. The summed E-state index contributed by atoms with van der Waals surface area (Å²) in [6.07, 6.45) is 7.01. The molecule has 1 aliphatic rings. The van der Waals surface area contributed by atoms with Crippen LogP contribution in [0, 0.1) is 0 Å². The first-order valence-corrected chi connectivity index (χ1v) is 4.72. The normalized spacial score (nSPS) is 15.6. The van der Waals surface area contributed by atoms with E-state index < -0.39 is 0 Å². The molecule has 76 valence electrons. The molecule has 0 spiro atoms. The van der Waals surface area contributed by atoms with Gasteiger partial charge in [-0.15, -0.1) is 0 Å². The van der Waals surface area contributed by atoms with Crippen molar-refractivity contribution in [3.05, 3.63) is 23.9 Å². The van der Waals surface area contributed by atoms with Gasteiger partial charge in [-0.05, 0) is 19.4 Å². The molecule has 1 aliphatic heterocycles. The van der Waals surface area contributed by atoms with E-state index in [0.717, 1.165) is 17.8 Å². The van der Waals surface area contributed by atoms with Crippen molar-refractivity contribution in [1.82, 2.24) is 4.90 Å². The van der Waals surface area contributed by atoms with E-state index in [2.05, 4.69) is 11.1 Å². The van der Waals surface area contributed by atoms with Gasteiger partial charge < -0.3 is 4.90 Å². The van der Waals surface area contributed by atoms with E-state index in [0.29, 0.717) is 6.54 Å². The Bertz CT molecular complexity index is 313. The maximum atomic E-state index is 11.0. The highest BCUT2D eigenvalue weighted by Crippen LogP contribution is 2.07. The maximum absolute atomic E-state index is 11.0. The van der Waals surface area contributed by atoms with Crippen LogP contribution >= 0.6 is 0 Å². The van der Waals surface area contributed by atoms with Gasteiger partial charge >= 0.3 is 0 Å². The molecule has 0 fully saturated rings. The van der Waals surface area contributed by atoms with Crippen LogP contribution in [0.2, 0.25) is 0 Å². The second-order valence-corrected chi connectivity index (χ2v) is 3.46. The quantitative estimate of drug-likeness (QED) is 0.656. The Labute approximate surface area is 84.8 Å². The van der Waals surface area contributed by atoms with Crippen molar-refractivity contribution in [2.75, 3.05) is 13.6 Å². The zero-order chi connectivity index (χ0) is 10.6. The van der Waals surface area contributed by atoms with Crippen LogP contribution < -0.4 is 0 Å². The minimum Gasteiger partial charge on any atom is -0.340 e. The molecule has 0 saturated carbocycles. The maximum Gasteiger partial charge on any atom is 0.219 e. The van der Waals surface area contributed by atoms with E-state index in [4.69, 9.17) is 0 Å². The first kappa shape index (κ1) is 10.7. The minimum atomic E-state index is 0.0657. The predicted molar refractivity (Wildman–Crippen MR) is 58.3 cm³/mol. The van der Waals surface area contributed by atoms with Crippen molar-refractivity contribution in [3.8, 4) is 0 Å². The van der Waals surface area contributed by atoms with Crippen LogP contribution in [0.5, 0.6) is 0 Å². The molecule has 0 aliphatic carbocycles. The fraction of sp³-hybridized carbons (Fsp3) is 0.455. The summed E-state index contributed by atoms with van der Waals surface area (Å²) < 4.78 is 0. The van der Waals surface area contributed by atoms with Gasteiger partial charge in [0, 0.05) is 19.7 Å². The third kappa shape index (κ3) is 3.17. The van der Waals surface area contributed by atoms with Gasteiger partial charge in [-0.1, -0.05) is 12.2 Å². The molecule has 0 saturated heterocycles. The lowest BCUT2D eigenvalue weighted by molar-refractivity contribution is -0.127. The highest BCUT2D eigenvalue weighted by Gasteiger charge is 2.05. The van der Waals surface area contributed by atoms with Crippen LogP contribution in [0.4, 0.5) is 0 Å². The lowest BCUT2D eigenvalue weighted by Crippen LogP contribution is -2.25. The van der Waals surface area contributed by atoms with E-state index in [-0.39, 0.29) is 5.91 Å². The van der Waals surface area contributed by atoms with Crippen molar-refractivity contribution >= 4 is 11.6 Å². The Balaban J connectivity index is 2.65. The van der Waals surface area contributed by atoms with Crippen molar-refractivity contribution in [1.29, 1.82) is 0 Å². The van der Waals surface area contributed by atoms with Crippen LogP contribution in [0.15, 0.2) is 28.9 Å². The van der Waals surface area contributed by atoms with Crippen LogP contribution in [0.1, 0.15) is 20.3 Å². The molecule has 0 aromatic rings. The molecule has 0 aromatic heterocycles. The molecule has 0 aromatic carbocycles. The largest absolute Gasteiger partial charge is 0.340 e. The topological polar surface area (TPSA) is 32.7 Å². The van der Waals surface area contributed by atoms with Crippen LogP contribution in [0.25, 0.3) is 0 Å². The lowest BCUT2D eigenvalue weighted by atomic mass is 10.3. The monoisotopic (exact) mass is 192 g/mol. The van der Waals surface area contributed by atoms with Crippen LogP contribution in [0.3, 0.4) is 0 Å². The predicted octanol–water partition coefficient (Wildman–Crippen LogP) is 1.77. The fourth-order valence-corrected chi connectivity index (χ4v) is 1.21. The summed E-state index contributed by atoms with van der Waals surface area (Å²) >= 11 is 0. The van der Waals surface area contributed by atoms with Crippen LogP contribution in [-0.2, 0) is 4.79 Å². The van der Waals surface area contributed by atoms with Gasteiger partial charge in [-0.2, -0.15) is 0 Å². The van der Waals surface area contributed by atoms with Gasteiger partial charge in [0.15, 0.2) is 0 Å². The summed E-state index contributed by atoms with van der Waals surface area (Å²) in [5.41, 5.74) is 1.95. The van der Waals surface area contributed by atoms with E-state index >= 15 is 0 Å². The van der Waals surface area contributed by atoms with Crippen molar-refractivity contribution < 1.29 is 4.79 Å². The summed E-state index contributed by atoms with van der Waals surface area (Å²) in [5.74, 6) is 0.0657. The summed E-state index contributed by atoms with van der Waals surface area (Å²) in [5, 5.41) is 0. The lowest BCUT2D eigenvalue weighted by Gasteiger charge is -2.14. The van der Waals surface area contributed by atoms with Gasteiger partial charge in [0.05, 0.1) is 12.2 Å². The number of aliphatic imine (C=N–C) groups is 1. The zero-order valence-corrected chi connectivity index (χ0v) is 8.95. The molecule has 0 radical (unpaired) electrons. The number of amides is 1. The van der Waals surface area contributed by atoms with Gasteiger partial charge in [0.2, 0.25) is 5.91 Å². The Morgan fingerprint density at radius 3 is 3.00 bits per heavy atom. The molecular weight excluding hydrogens is 176 g/mol.